The summed E-state index contributed by atoms with van der Waals surface area (Å²) in [4.78, 5) is 15.9. The van der Waals surface area contributed by atoms with Crippen LogP contribution in [-0.2, 0) is 6.54 Å². The highest BCUT2D eigenvalue weighted by molar-refractivity contribution is 7.98. The number of hydrogen-bond acceptors (Lipinski definition) is 4. The molecule has 1 N–H and O–H groups in total. The highest BCUT2D eigenvalue weighted by Crippen LogP contribution is 2.30. The number of benzene rings is 2. The summed E-state index contributed by atoms with van der Waals surface area (Å²) < 4.78 is 5.82. The zero-order valence-electron chi connectivity index (χ0n) is 15.4. The molecule has 4 nitrogen and oxygen atoms in total. The van der Waals surface area contributed by atoms with Crippen LogP contribution in [0.4, 0.5) is 0 Å². The number of carbonyl (C=O) groups excluding carboxylic acids is 1. The van der Waals surface area contributed by atoms with Gasteiger partial charge in [0, 0.05) is 22.6 Å². The van der Waals surface area contributed by atoms with Crippen molar-refractivity contribution in [2.45, 2.75) is 31.4 Å². The number of ether oxygens (including phenoxy) is 1. The molecule has 0 saturated heterocycles. The third-order valence-electron chi connectivity index (χ3n) is 4.66. The molecule has 0 aromatic heterocycles. The van der Waals surface area contributed by atoms with Crippen LogP contribution >= 0.6 is 11.8 Å². The molecule has 5 heteroatoms. The lowest BCUT2D eigenvalue weighted by atomic mass is 9.97. The van der Waals surface area contributed by atoms with Gasteiger partial charge in [-0.2, -0.15) is 0 Å². The molecule has 0 radical (unpaired) electrons. The van der Waals surface area contributed by atoms with Crippen LogP contribution in [-0.4, -0.2) is 35.3 Å². The van der Waals surface area contributed by atoms with E-state index in [0.29, 0.717) is 25.3 Å². The molecular formula is C21H25NO3S. The molecule has 1 heterocycles. The maximum Gasteiger partial charge on any atom is 0.254 e. The first kappa shape index (κ1) is 18.8. The van der Waals surface area contributed by atoms with Crippen molar-refractivity contribution in [1.82, 2.24) is 4.90 Å². The Kier molecular flexibility index (Phi) is 5.89. The lowest BCUT2D eigenvalue weighted by Crippen LogP contribution is -2.32. The van der Waals surface area contributed by atoms with Gasteiger partial charge in [-0.05, 0) is 54.1 Å². The maximum absolute atomic E-state index is 12.9. The van der Waals surface area contributed by atoms with Gasteiger partial charge in [-0.25, -0.2) is 0 Å². The van der Waals surface area contributed by atoms with Gasteiger partial charge in [-0.15, -0.1) is 11.8 Å². The van der Waals surface area contributed by atoms with Gasteiger partial charge in [-0.3, -0.25) is 4.79 Å². The molecule has 0 saturated carbocycles. The molecule has 0 bridgehead atoms. The molecule has 26 heavy (non-hydrogen) atoms. The molecule has 2 aromatic carbocycles. The Hall–Kier alpha value is -1.98. The largest absolute Gasteiger partial charge is 0.491 e. The van der Waals surface area contributed by atoms with E-state index in [-0.39, 0.29) is 11.8 Å². The normalized spacial score (nSPS) is 15.2. The molecule has 1 unspecified atom stereocenters. The predicted octanol–water partition coefficient (Wildman–Crippen LogP) is 4.13. The Bertz CT molecular complexity index is 773. The number of amides is 1. The van der Waals surface area contributed by atoms with Crippen LogP contribution in [0, 0.1) is 5.92 Å². The van der Waals surface area contributed by atoms with E-state index < -0.39 is 6.10 Å². The summed E-state index contributed by atoms with van der Waals surface area (Å²) in [7, 11) is 0. The summed E-state index contributed by atoms with van der Waals surface area (Å²) in [6.45, 7) is 5.46. The maximum atomic E-state index is 12.9. The fourth-order valence-corrected chi connectivity index (χ4v) is 3.48. The zero-order chi connectivity index (χ0) is 18.7. The van der Waals surface area contributed by atoms with Crippen molar-refractivity contribution < 1.29 is 14.6 Å². The predicted molar refractivity (Wildman–Crippen MR) is 105 cm³/mol. The molecule has 2 aromatic rings. The fourth-order valence-electron chi connectivity index (χ4n) is 3.07. The lowest BCUT2D eigenvalue weighted by Gasteiger charge is -2.21. The zero-order valence-corrected chi connectivity index (χ0v) is 16.3. The molecule has 1 aliphatic rings. The van der Waals surface area contributed by atoms with Gasteiger partial charge in [0.25, 0.3) is 5.91 Å². The second kappa shape index (κ2) is 8.14. The van der Waals surface area contributed by atoms with Crippen LogP contribution in [0.5, 0.6) is 5.75 Å². The number of carbonyl (C=O) groups is 1. The van der Waals surface area contributed by atoms with Crippen LogP contribution in [0.1, 0.15) is 41.4 Å². The van der Waals surface area contributed by atoms with Gasteiger partial charge in [-0.1, -0.05) is 19.9 Å². The number of hydrogen-bond donors (Lipinski definition) is 1. The third kappa shape index (κ3) is 4.05. The first-order valence-electron chi connectivity index (χ1n) is 8.86. The Morgan fingerprint density at radius 2 is 1.92 bits per heavy atom. The average Bonchev–Trinajstić information content (AvgIpc) is 2.88. The second-order valence-corrected chi connectivity index (χ2v) is 7.74. The molecule has 3 rings (SSSR count). The van der Waals surface area contributed by atoms with Gasteiger partial charge in [0.05, 0.1) is 12.6 Å². The molecule has 1 amide bonds. The number of aliphatic hydroxyl groups excluding tert-OH is 1. The van der Waals surface area contributed by atoms with E-state index in [1.807, 2.05) is 67.5 Å². The summed E-state index contributed by atoms with van der Waals surface area (Å²) in [6, 6.07) is 13.5. The Morgan fingerprint density at radius 1 is 1.19 bits per heavy atom. The van der Waals surface area contributed by atoms with Crippen molar-refractivity contribution in [2.75, 3.05) is 19.4 Å². The second-order valence-electron chi connectivity index (χ2n) is 6.86. The minimum Gasteiger partial charge on any atom is -0.491 e. The van der Waals surface area contributed by atoms with Crippen molar-refractivity contribution in [3.63, 3.8) is 0 Å². The Balaban J connectivity index is 1.83. The van der Waals surface area contributed by atoms with Gasteiger partial charge in [0.2, 0.25) is 0 Å². The summed E-state index contributed by atoms with van der Waals surface area (Å²) in [6.07, 6.45) is 1.50. The smallest absolute Gasteiger partial charge is 0.254 e. The van der Waals surface area contributed by atoms with Crippen molar-refractivity contribution in [3.8, 4) is 5.75 Å². The first-order valence-corrected chi connectivity index (χ1v) is 10.1. The number of nitrogens with zero attached hydrogens (tertiary/aromatic N) is 1. The quantitative estimate of drug-likeness (QED) is 0.821. The molecule has 1 aliphatic heterocycles. The molecule has 0 fully saturated rings. The minimum absolute atomic E-state index is 0.00362. The monoisotopic (exact) mass is 371 g/mol. The first-order chi connectivity index (χ1) is 12.5. The fraction of sp³-hybridized carbons (Fsp3) is 0.381. The number of fused-ring (bicyclic) bond motifs is 1. The standard InChI is InChI=1S/C21H25NO3S/c1-14(2)20(23)16-6-9-19-17(12-16)13-22(10-11-25-19)21(24)15-4-7-18(26-3)8-5-15/h4-9,12,14,20,23H,10-11,13H2,1-3H3. The van der Waals surface area contributed by atoms with Crippen LogP contribution in [0.2, 0.25) is 0 Å². The van der Waals surface area contributed by atoms with E-state index in [2.05, 4.69) is 0 Å². The van der Waals surface area contributed by atoms with Crippen molar-refractivity contribution in [1.29, 1.82) is 0 Å². The summed E-state index contributed by atoms with van der Waals surface area (Å²) in [5.74, 6) is 0.925. The van der Waals surface area contributed by atoms with Crippen molar-refractivity contribution in [3.05, 3.63) is 59.2 Å². The number of rotatable bonds is 4. The van der Waals surface area contributed by atoms with E-state index >= 15 is 0 Å². The van der Waals surface area contributed by atoms with E-state index in [0.717, 1.165) is 21.8 Å². The summed E-state index contributed by atoms with van der Waals surface area (Å²) in [5.41, 5.74) is 2.49. The summed E-state index contributed by atoms with van der Waals surface area (Å²) in [5, 5.41) is 10.3. The molecule has 1 atom stereocenters. The Labute approximate surface area is 159 Å². The third-order valence-corrected chi connectivity index (χ3v) is 5.41. The summed E-state index contributed by atoms with van der Waals surface area (Å²) >= 11 is 1.66. The van der Waals surface area contributed by atoms with Crippen LogP contribution in [0.25, 0.3) is 0 Å². The van der Waals surface area contributed by atoms with E-state index in [1.54, 1.807) is 11.8 Å². The highest BCUT2D eigenvalue weighted by atomic mass is 32.2. The lowest BCUT2D eigenvalue weighted by molar-refractivity contribution is 0.0733. The highest BCUT2D eigenvalue weighted by Gasteiger charge is 2.22. The molecule has 138 valence electrons. The SMILES string of the molecule is CSc1ccc(C(=O)N2CCOc3ccc(C(O)C(C)C)cc3C2)cc1. The van der Waals surface area contributed by atoms with Crippen LogP contribution in [0.15, 0.2) is 47.4 Å². The van der Waals surface area contributed by atoms with E-state index in [9.17, 15) is 9.90 Å². The van der Waals surface area contributed by atoms with Crippen LogP contribution < -0.4 is 4.74 Å². The molecule has 0 aliphatic carbocycles. The van der Waals surface area contributed by atoms with Crippen molar-refractivity contribution in [2.24, 2.45) is 5.92 Å². The minimum atomic E-state index is -0.521. The number of aliphatic hydroxyl groups is 1. The molecule has 0 spiro atoms. The van der Waals surface area contributed by atoms with E-state index in [4.69, 9.17) is 4.74 Å². The topological polar surface area (TPSA) is 49.8 Å². The van der Waals surface area contributed by atoms with Gasteiger partial charge >= 0.3 is 0 Å². The van der Waals surface area contributed by atoms with Crippen molar-refractivity contribution >= 4 is 17.7 Å². The number of thioether (sulfide) groups is 1. The van der Waals surface area contributed by atoms with Crippen LogP contribution in [0.3, 0.4) is 0 Å². The van der Waals surface area contributed by atoms with E-state index in [1.165, 1.54) is 0 Å². The Morgan fingerprint density at radius 3 is 2.58 bits per heavy atom. The van der Waals surface area contributed by atoms with Gasteiger partial charge < -0.3 is 14.7 Å². The average molecular weight is 372 g/mol. The van der Waals surface area contributed by atoms with Gasteiger partial charge in [0.1, 0.15) is 12.4 Å². The molecular weight excluding hydrogens is 346 g/mol. The van der Waals surface area contributed by atoms with Gasteiger partial charge in [0.15, 0.2) is 0 Å².